The second kappa shape index (κ2) is 4.60. The van der Waals surface area contributed by atoms with E-state index in [1.54, 1.807) is 0 Å². The van der Waals surface area contributed by atoms with Crippen molar-refractivity contribution in [3.8, 4) is 0 Å². The zero-order valence-electron chi connectivity index (χ0n) is 5.35. The summed E-state index contributed by atoms with van der Waals surface area (Å²) in [7, 11) is 0. The third-order valence-electron chi connectivity index (χ3n) is 0.944. The van der Waals surface area contributed by atoms with Crippen LogP contribution in [0.5, 0.6) is 0 Å². The van der Waals surface area contributed by atoms with Gasteiger partial charge in [-0.25, -0.2) is 0 Å². The van der Waals surface area contributed by atoms with Crippen molar-refractivity contribution in [1.29, 1.82) is 0 Å². The summed E-state index contributed by atoms with van der Waals surface area (Å²) in [6.07, 6.45) is 4.88. The number of rotatable bonds is 3. The molecule has 0 heterocycles. The molecule has 0 amide bonds. The molecule has 0 aromatic rings. The van der Waals surface area contributed by atoms with Crippen LogP contribution in [0.3, 0.4) is 0 Å². The van der Waals surface area contributed by atoms with E-state index in [4.69, 9.17) is 5.73 Å². The number of hydrogen-bond donors (Lipinski definition) is 1. The minimum Gasteiger partial charge on any atom is -0.327 e. The van der Waals surface area contributed by atoms with Crippen LogP contribution in [-0.2, 0) is 0 Å². The van der Waals surface area contributed by atoms with Crippen LogP contribution < -0.4 is 5.73 Å². The van der Waals surface area contributed by atoms with Crippen molar-refractivity contribution in [3.05, 3.63) is 24.3 Å². The standard InChI is InChI=1S/C7H13N/c1-3-7(2)5-4-6-8/h4-5H,2-3,6,8H2,1H3/b5-4+. The van der Waals surface area contributed by atoms with Crippen molar-refractivity contribution in [2.75, 3.05) is 6.54 Å². The van der Waals surface area contributed by atoms with Crippen LogP contribution in [-0.4, -0.2) is 6.54 Å². The molecule has 0 bridgehead atoms. The minimum absolute atomic E-state index is 0.610. The number of allylic oxidation sites excluding steroid dienone is 2. The Morgan fingerprint density at radius 3 is 2.75 bits per heavy atom. The van der Waals surface area contributed by atoms with Crippen LogP contribution in [0.1, 0.15) is 13.3 Å². The first kappa shape index (κ1) is 7.44. The molecule has 0 rings (SSSR count). The molecule has 8 heavy (non-hydrogen) atoms. The molecule has 46 valence electrons. The maximum absolute atomic E-state index is 5.20. The van der Waals surface area contributed by atoms with Gasteiger partial charge in [-0.05, 0) is 6.42 Å². The first-order valence-corrected chi connectivity index (χ1v) is 2.85. The minimum atomic E-state index is 0.610. The molecule has 0 aliphatic carbocycles. The molecule has 0 saturated heterocycles. The fourth-order valence-corrected chi connectivity index (χ4v) is 0.353. The summed E-state index contributed by atoms with van der Waals surface area (Å²) >= 11 is 0. The zero-order chi connectivity index (χ0) is 6.41. The molecule has 1 nitrogen and oxygen atoms in total. The van der Waals surface area contributed by atoms with Gasteiger partial charge in [0, 0.05) is 6.54 Å². The Kier molecular flexibility index (Phi) is 4.27. The molecule has 0 fully saturated rings. The summed E-state index contributed by atoms with van der Waals surface area (Å²) < 4.78 is 0. The SMILES string of the molecule is C=C(/C=C/CN)CC. The molecular formula is C7H13N. The highest BCUT2D eigenvalue weighted by molar-refractivity contribution is 5.13. The van der Waals surface area contributed by atoms with Crippen molar-refractivity contribution in [2.45, 2.75) is 13.3 Å². The van der Waals surface area contributed by atoms with E-state index in [0.29, 0.717) is 6.54 Å². The largest absolute Gasteiger partial charge is 0.327 e. The van der Waals surface area contributed by atoms with Gasteiger partial charge in [0.25, 0.3) is 0 Å². The van der Waals surface area contributed by atoms with E-state index < -0.39 is 0 Å². The van der Waals surface area contributed by atoms with Crippen molar-refractivity contribution < 1.29 is 0 Å². The summed E-state index contributed by atoms with van der Waals surface area (Å²) in [4.78, 5) is 0. The molecule has 0 aromatic heterocycles. The predicted molar refractivity (Wildman–Crippen MR) is 37.6 cm³/mol. The molecule has 0 aliphatic heterocycles. The molecule has 0 spiro atoms. The lowest BCUT2D eigenvalue weighted by Gasteiger charge is -1.87. The Morgan fingerprint density at radius 1 is 1.75 bits per heavy atom. The lowest BCUT2D eigenvalue weighted by molar-refractivity contribution is 1.15. The van der Waals surface area contributed by atoms with Crippen molar-refractivity contribution >= 4 is 0 Å². The van der Waals surface area contributed by atoms with Crippen LogP contribution in [0, 0.1) is 0 Å². The summed E-state index contributed by atoms with van der Waals surface area (Å²) in [6.45, 7) is 6.45. The van der Waals surface area contributed by atoms with Gasteiger partial charge >= 0.3 is 0 Å². The zero-order valence-corrected chi connectivity index (χ0v) is 5.35. The number of nitrogens with two attached hydrogens (primary N) is 1. The normalized spacial score (nSPS) is 10.2. The Balaban J connectivity index is 3.37. The van der Waals surface area contributed by atoms with Crippen LogP contribution in [0.4, 0.5) is 0 Å². The second-order valence-corrected chi connectivity index (χ2v) is 1.65. The van der Waals surface area contributed by atoms with Crippen LogP contribution in [0.15, 0.2) is 24.3 Å². The van der Waals surface area contributed by atoms with E-state index in [-0.39, 0.29) is 0 Å². The molecule has 0 atom stereocenters. The molecule has 2 N–H and O–H groups in total. The van der Waals surface area contributed by atoms with Crippen molar-refractivity contribution in [1.82, 2.24) is 0 Å². The molecular weight excluding hydrogens is 98.1 g/mol. The molecule has 0 saturated carbocycles. The summed E-state index contributed by atoms with van der Waals surface area (Å²) in [5.41, 5.74) is 6.34. The maximum atomic E-state index is 5.20. The van der Waals surface area contributed by atoms with E-state index in [0.717, 1.165) is 12.0 Å². The van der Waals surface area contributed by atoms with Gasteiger partial charge in [-0.2, -0.15) is 0 Å². The highest BCUT2D eigenvalue weighted by Gasteiger charge is 1.76. The number of hydrogen-bond acceptors (Lipinski definition) is 1. The van der Waals surface area contributed by atoms with Gasteiger partial charge in [-0.15, -0.1) is 0 Å². The second-order valence-electron chi connectivity index (χ2n) is 1.65. The van der Waals surface area contributed by atoms with Crippen LogP contribution >= 0.6 is 0 Å². The van der Waals surface area contributed by atoms with E-state index in [1.807, 2.05) is 12.2 Å². The van der Waals surface area contributed by atoms with Gasteiger partial charge in [0.2, 0.25) is 0 Å². The topological polar surface area (TPSA) is 26.0 Å². The first-order chi connectivity index (χ1) is 3.81. The Morgan fingerprint density at radius 2 is 2.38 bits per heavy atom. The van der Waals surface area contributed by atoms with Gasteiger partial charge in [-0.3, -0.25) is 0 Å². The summed E-state index contributed by atoms with van der Waals surface area (Å²) in [6, 6.07) is 0. The highest BCUT2D eigenvalue weighted by Crippen LogP contribution is 1.95. The Labute approximate surface area is 50.9 Å². The van der Waals surface area contributed by atoms with Crippen molar-refractivity contribution in [3.63, 3.8) is 0 Å². The molecule has 0 aromatic carbocycles. The van der Waals surface area contributed by atoms with E-state index in [2.05, 4.69) is 13.5 Å². The fourth-order valence-electron chi connectivity index (χ4n) is 0.353. The lowest BCUT2D eigenvalue weighted by atomic mass is 10.2. The van der Waals surface area contributed by atoms with Crippen LogP contribution in [0.2, 0.25) is 0 Å². The van der Waals surface area contributed by atoms with Gasteiger partial charge in [-0.1, -0.05) is 31.2 Å². The molecule has 0 radical (unpaired) electrons. The smallest absolute Gasteiger partial charge is 0.0110 e. The van der Waals surface area contributed by atoms with E-state index in [9.17, 15) is 0 Å². The third-order valence-corrected chi connectivity index (χ3v) is 0.944. The maximum Gasteiger partial charge on any atom is 0.0110 e. The molecule has 0 aliphatic rings. The predicted octanol–water partition coefficient (Wildman–Crippen LogP) is 1.47. The molecule has 0 unspecified atom stereocenters. The first-order valence-electron chi connectivity index (χ1n) is 2.85. The van der Waals surface area contributed by atoms with E-state index >= 15 is 0 Å². The van der Waals surface area contributed by atoms with Gasteiger partial charge in [0.1, 0.15) is 0 Å². The molecule has 1 heteroatoms. The summed E-state index contributed by atoms with van der Waals surface area (Å²) in [5.74, 6) is 0. The highest BCUT2D eigenvalue weighted by atomic mass is 14.5. The van der Waals surface area contributed by atoms with Crippen molar-refractivity contribution in [2.24, 2.45) is 5.73 Å². The van der Waals surface area contributed by atoms with Gasteiger partial charge in [0.05, 0.1) is 0 Å². The van der Waals surface area contributed by atoms with E-state index in [1.165, 1.54) is 0 Å². The quantitative estimate of drug-likeness (QED) is 0.548. The Bertz CT molecular complexity index is 92.6. The van der Waals surface area contributed by atoms with Gasteiger partial charge in [0.15, 0.2) is 0 Å². The third kappa shape index (κ3) is 3.62. The van der Waals surface area contributed by atoms with Gasteiger partial charge < -0.3 is 5.73 Å². The monoisotopic (exact) mass is 111 g/mol. The lowest BCUT2D eigenvalue weighted by Crippen LogP contribution is -1.92. The average molecular weight is 111 g/mol. The average Bonchev–Trinajstić information content (AvgIpc) is 1.83. The fraction of sp³-hybridized carbons (Fsp3) is 0.429. The Hall–Kier alpha value is -0.560. The van der Waals surface area contributed by atoms with Crippen LogP contribution in [0.25, 0.3) is 0 Å². The summed E-state index contributed by atoms with van der Waals surface area (Å²) in [5, 5.41) is 0.